The largest absolute Gasteiger partial charge is 0.355 e. The molecule has 0 spiro atoms. The normalized spacial score (nSPS) is 10.0. The Morgan fingerprint density at radius 3 is 2.52 bits per heavy atom. The smallest absolute Gasteiger partial charge is 0.270 e. The van der Waals surface area contributed by atoms with Gasteiger partial charge in [-0.2, -0.15) is 0 Å². The predicted molar refractivity (Wildman–Crippen MR) is 85.9 cm³/mol. The zero-order valence-electron chi connectivity index (χ0n) is 12.0. The van der Waals surface area contributed by atoms with Crippen molar-refractivity contribution in [3.05, 3.63) is 68.7 Å². The number of nitrogens with one attached hydrogen (secondary N) is 2. The Morgan fingerprint density at radius 1 is 1.13 bits per heavy atom. The molecule has 7 nitrogen and oxygen atoms in total. The molecule has 2 N–H and O–H groups in total. The highest BCUT2D eigenvalue weighted by atomic mass is 35.5. The van der Waals surface area contributed by atoms with Gasteiger partial charge in [0, 0.05) is 29.8 Å². The van der Waals surface area contributed by atoms with Gasteiger partial charge in [-0.25, -0.2) is 0 Å². The second-order valence-corrected chi connectivity index (χ2v) is 4.97. The number of nitrogens with zero attached hydrogens (tertiary/aromatic N) is 1. The highest BCUT2D eigenvalue weighted by Gasteiger charge is 2.16. The molecular weight excluding hydrogens is 322 g/mol. The quantitative estimate of drug-likeness (QED) is 0.663. The fraction of sp³-hybridized carbons (Fsp3) is 0.0667. The lowest BCUT2D eigenvalue weighted by Gasteiger charge is -2.10. The summed E-state index contributed by atoms with van der Waals surface area (Å²) in [6.07, 6.45) is 0. The molecule has 0 aliphatic carbocycles. The van der Waals surface area contributed by atoms with Crippen LogP contribution in [-0.2, 0) is 0 Å². The van der Waals surface area contributed by atoms with Gasteiger partial charge >= 0.3 is 0 Å². The number of hydrogen-bond donors (Lipinski definition) is 2. The van der Waals surface area contributed by atoms with E-state index in [2.05, 4.69) is 10.6 Å². The molecule has 0 saturated carbocycles. The van der Waals surface area contributed by atoms with E-state index in [-0.39, 0.29) is 22.5 Å². The van der Waals surface area contributed by atoms with Crippen LogP contribution in [0.25, 0.3) is 0 Å². The first kappa shape index (κ1) is 16.4. The number of amides is 2. The zero-order valence-corrected chi connectivity index (χ0v) is 12.8. The maximum absolute atomic E-state index is 12.2. The van der Waals surface area contributed by atoms with E-state index in [4.69, 9.17) is 11.6 Å². The van der Waals surface area contributed by atoms with Crippen molar-refractivity contribution in [2.24, 2.45) is 0 Å². The molecule has 2 rings (SSSR count). The summed E-state index contributed by atoms with van der Waals surface area (Å²) in [7, 11) is 1.45. The lowest BCUT2D eigenvalue weighted by atomic mass is 10.1. The first-order valence-electron chi connectivity index (χ1n) is 6.50. The predicted octanol–water partition coefficient (Wildman–Crippen LogP) is 2.86. The number of nitro groups is 1. The van der Waals surface area contributed by atoms with E-state index in [9.17, 15) is 19.7 Å². The maximum Gasteiger partial charge on any atom is 0.270 e. The monoisotopic (exact) mass is 333 g/mol. The van der Waals surface area contributed by atoms with Gasteiger partial charge in [-0.1, -0.05) is 17.7 Å². The Balaban J connectivity index is 2.32. The summed E-state index contributed by atoms with van der Waals surface area (Å²) in [5, 5.41) is 16.1. The summed E-state index contributed by atoms with van der Waals surface area (Å²) in [4.78, 5) is 34.2. The van der Waals surface area contributed by atoms with Gasteiger partial charge in [0.05, 0.1) is 16.2 Å². The third-order valence-corrected chi connectivity index (χ3v) is 3.26. The first-order chi connectivity index (χ1) is 10.9. The van der Waals surface area contributed by atoms with E-state index in [0.717, 1.165) is 6.07 Å². The number of non-ortho nitro benzene ring substituents is 1. The maximum atomic E-state index is 12.2. The Labute approximate surface area is 136 Å². The number of carbonyl (C=O) groups excluding carboxylic acids is 2. The van der Waals surface area contributed by atoms with Crippen LogP contribution in [0.15, 0.2) is 42.5 Å². The van der Waals surface area contributed by atoms with Crippen molar-refractivity contribution >= 4 is 34.8 Å². The third-order valence-electron chi connectivity index (χ3n) is 3.02. The molecule has 0 unspecified atom stereocenters. The number of carbonyl (C=O) groups is 2. The summed E-state index contributed by atoms with van der Waals surface area (Å²) in [5.41, 5.74) is 0.362. The molecule has 118 valence electrons. The first-order valence-corrected chi connectivity index (χ1v) is 6.87. The van der Waals surface area contributed by atoms with Crippen LogP contribution in [0.5, 0.6) is 0 Å². The van der Waals surface area contributed by atoms with Gasteiger partial charge < -0.3 is 10.6 Å². The summed E-state index contributed by atoms with van der Waals surface area (Å²) < 4.78 is 0. The molecule has 2 aromatic rings. The Morgan fingerprint density at radius 2 is 1.87 bits per heavy atom. The highest BCUT2D eigenvalue weighted by Crippen LogP contribution is 2.22. The molecule has 0 atom stereocenters. The molecule has 0 bridgehead atoms. The molecule has 0 radical (unpaired) electrons. The van der Waals surface area contributed by atoms with Crippen molar-refractivity contribution < 1.29 is 14.5 Å². The summed E-state index contributed by atoms with van der Waals surface area (Å²) in [5.74, 6) is -0.983. The minimum Gasteiger partial charge on any atom is -0.355 e. The van der Waals surface area contributed by atoms with Crippen LogP contribution in [0.3, 0.4) is 0 Å². The number of anilines is 1. The highest BCUT2D eigenvalue weighted by molar-refractivity contribution is 6.31. The van der Waals surface area contributed by atoms with Gasteiger partial charge in [0.2, 0.25) is 0 Å². The van der Waals surface area contributed by atoms with Crippen LogP contribution in [0, 0.1) is 10.1 Å². The van der Waals surface area contributed by atoms with Crippen molar-refractivity contribution in [1.29, 1.82) is 0 Å². The van der Waals surface area contributed by atoms with E-state index >= 15 is 0 Å². The summed E-state index contributed by atoms with van der Waals surface area (Å²) in [6.45, 7) is 0. The molecule has 0 fully saturated rings. The second kappa shape index (κ2) is 6.89. The topological polar surface area (TPSA) is 101 Å². The van der Waals surface area contributed by atoms with Crippen LogP contribution in [-0.4, -0.2) is 23.8 Å². The molecule has 23 heavy (non-hydrogen) atoms. The number of rotatable bonds is 4. The van der Waals surface area contributed by atoms with E-state index in [1.807, 2.05) is 0 Å². The molecule has 2 aromatic carbocycles. The van der Waals surface area contributed by atoms with Gasteiger partial charge in [-0.05, 0) is 24.3 Å². The summed E-state index contributed by atoms with van der Waals surface area (Å²) >= 11 is 5.86. The van der Waals surface area contributed by atoms with Gasteiger partial charge in [0.1, 0.15) is 0 Å². The SMILES string of the molecule is CNC(=O)c1cc(Cl)ccc1NC(=O)c1cccc([N+](=O)[O-])c1. The average molecular weight is 334 g/mol. The summed E-state index contributed by atoms with van der Waals surface area (Å²) in [6, 6.07) is 9.73. The molecule has 0 aliphatic rings. The lowest BCUT2D eigenvalue weighted by molar-refractivity contribution is -0.384. The van der Waals surface area contributed by atoms with Gasteiger partial charge in [-0.15, -0.1) is 0 Å². The standard InChI is InChI=1S/C15H12ClN3O4/c1-17-15(21)12-8-10(16)5-6-13(12)18-14(20)9-3-2-4-11(7-9)19(22)23/h2-8H,1H3,(H,17,21)(H,18,20). The fourth-order valence-electron chi connectivity index (χ4n) is 1.90. The van der Waals surface area contributed by atoms with Crippen molar-refractivity contribution in [1.82, 2.24) is 5.32 Å². The van der Waals surface area contributed by atoms with Crippen LogP contribution in [0.1, 0.15) is 20.7 Å². The number of benzene rings is 2. The van der Waals surface area contributed by atoms with Crippen molar-refractivity contribution in [2.45, 2.75) is 0 Å². The molecule has 0 aliphatic heterocycles. The van der Waals surface area contributed by atoms with E-state index in [1.54, 1.807) is 0 Å². The molecule has 0 aromatic heterocycles. The Bertz CT molecular complexity index is 792. The average Bonchev–Trinajstić information content (AvgIpc) is 2.55. The van der Waals surface area contributed by atoms with E-state index < -0.39 is 16.7 Å². The van der Waals surface area contributed by atoms with Crippen LogP contribution in [0.2, 0.25) is 5.02 Å². The molecule has 0 saturated heterocycles. The number of nitro benzene ring substituents is 1. The van der Waals surface area contributed by atoms with Gasteiger partial charge in [0.25, 0.3) is 17.5 Å². The molecule has 8 heteroatoms. The second-order valence-electron chi connectivity index (χ2n) is 4.53. The third kappa shape index (κ3) is 3.83. The van der Waals surface area contributed by atoms with E-state index in [0.29, 0.717) is 5.02 Å². The Hall–Kier alpha value is -2.93. The van der Waals surface area contributed by atoms with Crippen LogP contribution in [0.4, 0.5) is 11.4 Å². The Kier molecular flexibility index (Phi) is 4.92. The van der Waals surface area contributed by atoms with Crippen molar-refractivity contribution in [3.63, 3.8) is 0 Å². The fourth-order valence-corrected chi connectivity index (χ4v) is 2.08. The number of hydrogen-bond acceptors (Lipinski definition) is 4. The minimum atomic E-state index is -0.588. The molecular formula is C15H12ClN3O4. The van der Waals surface area contributed by atoms with E-state index in [1.165, 1.54) is 43.4 Å². The zero-order chi connectivity index (χ0) is 17.0. The minimum absolute atomic E-state index is 0.108. The van der Waals surface area contributed by atoms with Crippen LogP contribution >= 0.6 is 11.6 Å². The van der Waals surface area contributed by atoms with Gasteiger partial charge in [-0.3, -0.25) is 19.7 Å². The van der Waals surface area contributed by atoms with Crippen molar-refractivity contribution in [2.75, 3.05) is 12.4 Å². The van der Waals surface area contributed by atoms with Crippen molar-refractivity contribution in [3.8, 4) is 0 Å². The molecule has 0 heterocycles. The number of halogens is 1. The lowest BCUT2D eigenvalue weighted by Crippen LogP contribution is -2.21. The molecule has 2 amide bonds. The van der Waals surface area contributed by atoms with Gasteiger partial charge in [0.15, 0.2) is 0 Å². The van der Waals surface area contributed by atoms with Crippen LogP contribution < -0.4 is 10.6 Å².